The molecule has 1 aromatic heterocycles. The number of fused-ring (bicyclic) bond motifs is 1. The van der Waals surface area contributed by atoms with Crippen molar-refractivity contribution in [3.63, 3.8) is 0 Å². The number of nitrogens with one attached hydrogen (secondary N) is 1. The lowest BCUT2D eigenvalue weighted by atomic mass is 9.97. The molecule has 30 heavy (non-hydrogen) atoms. The van der Waals surface area contributed by atoms with E-state index in [9.17, 15) is 4.79 Å². The minimum absolute atomic E-state index is 0.0143. The van der Waals surface area contributed by atoms with Crippen LogP contribution < -0.4 is 19.7 Å². The van der Waals surface area contributed by atoms with Crippen molar-refractivity contribution < 1.29 is 14.3 Å². The molecule has 0 bridgehead atoms. The van der Waals surface area contributed by atoms with Crippen LogP contribution in [0.1, 0.15) is 19.8 Å². The fourth-order valence-corrected chi connectivity index (χ4v) is 3.79. The largest absolute Gasteiger partial charge is 0.492 e. The SMILES string of the molecule is CCOc1ccccc1NC(=O)[C@@H]1CCCN(c2nc3ccccc3nc2OC)C1. The van der Waals surface area contributed by atoms with Crippen molar-refractivity contribution >= 4 is 28.4 Å². The van der Waals surface area contributed by atoms with Crippen molar-refractivity contribution in [1.29, 1.82) is 0 Å². The lowest BCUT2D eigenvalue weighted by Gasteiger charge is -2.33. The Kier molecular flexibility index (Phi) is 5.97. The van der Waals surface area contributed by atoms with Crippen LogP contribution in [0.15, 0.2) is 48.5 Å². The van der Waals surface area contributed by atoms with Crippen molar-refractivity contribution in [2.45, 2.75) is 19.8 Å². The predicted molar refractivity (Wildman–Crippen MR) is 117 cm³/mol. The third-order valence-corrected chi connectivity index (χ3v) is 5.25. The Hall–Kier alpha value is -3.35. The molecule has 1 amide bonds. The quantitative estimate of drug-likeness (QED) is 0.669. The highest BCUT2D eigenvalue weighted by atomic mass is 16.5. The summed E-state index contributed by atoms with van der Waals surface area (Å²) in [5.41, 5.74) is 2.30. The maximum Gasteiger partial charge on any atom is 0.257 e. The van der Waals surface area contributed by atoms with Crippen LogP contribution in [0, 0.1) is 5.92 Å². The number of carbonyl (C=O) groups is 1. The molecule has 156 valence electrons. The lowest BCUT2D eigenvalue weighted by Crippen LogP contribution is -2.41. The summed E-state index contributed by atoms with van der Waals surface area (Å²) in [5, 5.41) is 3.04. The summed E-state index contributed by atoms with van der Waals surface area (Å²) in [7, 11) is 1.60. The van der Waals surface area contributed by atoms with Gasteiger partial charge in [-0.05, 0) is 44.0 Å². The summed E-state index contributed by atoms with van der Waals surface area (Å²) in [4.78, 5) is 24.5. The van der Waals surface area contributed by atoms with E-state index < -0.39 is 0 Å². The van der Waals surface area contributed by atoms with Crippen LogP contribution in [0.25, 0.3) is 11.0 Å². The van der Waals surface area contributed by atoms with E-state index in [1.54, 1.807) is 7.11 Å². The monoisotopic (exact) mass is 406 g/mol. The topological polar surface area (TPSA) is 76.6 Å². The standard InChI is InChI=1S/C23H26N4O3/c1-3-30-20-13-7-6-12-19(20)25-22(28)16-9-8-14-27(15-16)21-23(29-2)26-18-11-5-4-10-17(18)24-21/h4-7,10-13,16H,3,8-9,14-15H2,1-2H3,(H,25,28)/t16-/m1/s1. The van der Waals surface area contributed by atoms with E-state index in [2.05, 4.69) is 15.2 Å². The molecule has 1 aliphatic heterocycles. The Morgan fingerprint density at radius 2 is 1.87 bits per heavy atom. The van der Waals surface area contributed by atoms with Crippen molar-refractivity contribution in [2.75, 3.05) is 37.0 Å². The Morgan fingerprint density at radius 3 is 2.63 bits per heavy atom. The number of hydrogen-bond acceptors (Lipinski definition) is 6. The van der Waals surface area contributed by atoms with Gasteiger partial charge in [-0.2, -0.15) is 0 Å². The van der Waals surface area contributed by atoms with Gasteiger partial charge in [0.2, 0.25) is 5.91 Å². The number of piperidine rings is 1. The molecule has 4 rings (SSSR count). The summed E-state index contributed by atoms with van der Waals surface area (Å²) in [6.45, 7) is 3.84. The van der Waals surface area contributed by atoms with E-state index in [-0.39, 0.29) is 11.8 Å². The second-order valence-corrected chi connectivity index (χ2v) is 7.25. The number of aromatic nitrogens is 2. The fraction of sp³-hybridized carbons (Fsp3) is 0.348. The van der Waals surface area contributed by atoms with Crippen molar-refractivity contribution in [1.82, 2.24) is 9.97 Å². The van der Waals surface area contributed by atoms with Gasteiger partial charge in [-0.3, -0.25) is 4.79 Å². The van der Waals surface area contributed by atoms with Gasteiger partial charge in [-0.15, -0.1) is 0 Å². The van der Waals surface area contributed by atoms with Crippen LogP contribution >= 0.6 is 0 Å². The second-order valence-electron chi connectivity index (χ2n) is 7.25. The van der Waals surface area contributed by atoms with Gasteiger partial charge >= 0.3 is 0 Å². The molecule has 1 N–H and O–H groups in total. The highest BCUT2D eigenvalue weighted by Gasteiger charge is 2.29. The first-order valence-electron chi connectivity index (χ1n) is 10.3. The van der Waals surface area contributed by atoms with Crippen LogP contribution in [0.3, 0.4) is 0 Å². The summed E-state index contributed by atoms with van der Waals surface area (Å²) in [6, 6.07) is 15.2. The lowest BCUT2D eigenvalue weighted by molar-refractivity contribution is -0.120. The van der Waals surface area contributed by atoms with Gasteiger partial charge in [0.05, 0.1) is 36.4 Å². The number of nitrogens with zero attached hydrogens (tertiary/aromatic N) is 3. The van der Waals surface area contributed by atoms with Gasteiger partial charge in [-0.25, -0.2) is 9.97 Å². The summed E-state index contributed by atoms with van der Waals surface area (Å²) < 4.78 is 11.1. The Morgan fingerprint density at radius 1 is 1.13 bits per heavy atom. The number of carbonyl (C=O) groups excluding carboxylic acids is 1. The fourth-order valence-electron chi connectivity index (χ4n) is 3.79. The molecule has 7 heteroatoms. The number of amides is 1. The normalized spacial score (nSPS) is 16.3. The zero-order valence-corrected chi connectivity index (χ0v) is 17.3. The average molecular weight is 406 g/mol. The molecule has 0 saturated carbocycles. The molecule has 2 aromatic carbocycles. The molecule has 0 aliphatic carbocycles. The Labute approximate surface area is 176 Å². The van der Waals surface area contributed by atoms with Gasteiger partial charge in [0.1, 0.15) is 5.75 Å². The molecule has 2 heterocycles. The zero-order valence-electron chi connectivity index (χ0n) is 17.3. The molecule has 1 saturated heterocycles. The molecule has 0 unspecified atom stereocenters. The maximum absolute atomic E-state index is 13.0. The summed E-state index contributed by atoms with van der Waals surface area (Å²) in [6.07, 6.45) is 1.71. The van der Waals surface area contributed by atoms with Gasteiger partial charge in [0, 0.05) is 13.1 Å². The van der Waals surface area contributed by atoms with Gasteiger partial charge < -0.3 is 19.7 Å². The molecule has 1 fully saturated rings. The highest BCUT2D eigenvalue weighted by Crippen LogP contribution is 2.31. The first-order valence-corrected chi connectivity index (χ1v) is 10.3. The number of rotatable bonds is 6. The second kappa shape index (κ2) is 8.98. The highest BCUT2D eigenvalue weighted by molar-refractivity contribution is 5.94. The first-order chi connectivity index (χ1) is 14.7. The molecule has 7 nitrogen and oxygen atoms in total. The molecule has 0 radical (unpaired) electrons. The molecule has 1 aliphatic rings. The number of ether oxygens (including phenoxy) is 2. The van der Waals surface area contributed by atoms with Crippen LogP contribution in [0.4, 0.5) is 11.5 Å². The number of methoxy groups -OCH3 is 1. The minimum atomic E-state index is -0.161. The van der Waals surface area contributed by atoms with Crippen LogP contribution in [-0.2, 0) is 4.79 Å². The van der Waals surface area contributed by atoms with E-state index in [4.69, 9.17) is 14.5 Å². The van der Waals surface area contributed by atoms with E-state index in [0.717, 1.165) is 30.4 Å². The minimum Gasteiger partial charge on any atom is -0.492 e. The van der Waals surface area contributed by atoms with Crippen molar-refractivity contribution in [2.24, 2.45) is 5.92 Å². The first kappa shape index (κ1) is 19.9. The average Bonchev–Trinajstić information content (AvgIpc) is 2.79. The van der Waals surface area contributed by atoms with Crippen molar-refractivity contribution in [3.8, 4) is 11.6 Å². The summed E-state index contributed by atoms with van der Waals surface area (Å²) in [5.74, 6) is 1.67. The molecule has 0 spiro atoms. The maximum atomic E-state index is 13.0. The third-order valence-electron chi connectivity index (χ3n) is 5.25. The smallest absolute Gasteiger partial charge is 0.257 e. The van der Waals surface area contributed by atoms with Crippen LogP contribution in [-0.4, -0.2) is 42.7 Å². The third kappa shape index (κ3) is 4.15. The molecular weight excluding hydrogens is 380 g/mol. The number of para-hydroxylation sites is 4. The number of hydrogen-bond donors (Lipinski definition) is 1. The van der Waals surface area contributed by atoms with Crippen molar-refractivity contribution in [3.05, 3.63) is 48.5 Å². The van der Waals surface area contributed by atoms with E-state index >= 15 is 0 Å². The van der Waals surface area contributed by atoms with E-state index in [1.165, 1.54) is 0 Å². The zero-order chi connectivity index (χ0) is 20.9. The number of anilines is 2. The molecular formula is C23H26N4O3. The molecule has 3 aromatic rings. The Balaban J connectivity index is 1.54. The van der Waals surface area contributed by atoms with Gasteiger partial charge in [-0.1, -0.05) is 24.3 Å². The van der Waals surface area contributed by atoms with Crippen LogP contribution in [0.5, 0.6) is 11.6 Å². The van der Waals surface area contributed by atoms with Gasteiger partial charge in [0.25, 0.3) is 5.88 Å². The Bertz CT molecular complexity index is 1040. The van der Waals surface area contributed by atoms with Gasteiger partial charge in [0.15, 0.2) is 5.82 Å². The van der Waals surface area contributed by atoms with E-state index in [1.807, 2.05) is 55.5 Å². The van der Waals surface area contributed by atoms with Crippen LogP contribution in [0.2, 0.25) is 0 Å². The number of benzene rings is 2. The predicted octanol–water partition coefficient (Wildman–Crippen LogP) is 3.89. The molecule has 1 atom stereocenters. The summed E-state index contributed by atoms with van der Waals surface area (Å²) >= 11 is 0. The van der Waals surface area contributed by atoms with E-state index in [0.29, 0.717) is 36.3 Å².